The van der Waals surface area contributed by atoms with Gasteiger partial charge in [0.25, 0.3) is 0 Å². The van der Waals surface area contributed by atoms with Crippen LogP contribution in [0.1, 0.15) is 33.6 Å². The third-order valence-electron chi connectivity index (χ3n) is 1.25. The fourth-order valence-electron chi connectivity index (χ4n) is 0.676. The van der Waals surface area contributed by atoms with Crippen LogP contribution in [0.5, 0.6) is 0 Å². The molecule has 2 heteroatoms. The summed E-state index contributed by atoms with van der Waals surface area (Å²) in [5.41, 5.74) is 0. The van der Waals surface area contributed by atoms with Gasteiger partial charge in [0.2, 0.25) is 0 Å². The van der Waals surface area contributed by atoms with E-state index in [-0.39, 0.29) is 0 Å². The van der Waals surface area contributed by atoms with Gasteiger partial charge in [-0.05, 0) is 24.9 Å². The SMILES string of the molecule is CCCCSC(C)SCC. The average Bonchev–Trinajstić information content (AvgIpc) is 1.89. The van der Waals surface area contributed by atoms with Gasteiger partial charge in [0.05, 0.1) is 0 Å². The molecule has 0 amide bonds. The molecule has 0 saturated heterocycles. The van der Waals surface area contributed by atoms with Gasteiger partial charge in [0, 0.05) is 4.58 Å². The Kier molecular flexibility index (Phi) is 8.35. The Bertz CT molecular complexity index is 64.3. The van der Waals surface area contributed by atoms with Crippen molar-refractivity contribution in [3.63, 3.8) is 0 Å². The Balaban J connectivity index is 2.97. The van der Waals surface area contributed by atoms with E-state index in [0.29, 0.717) is 0 Å². The minimum absolute atomic E-state index is 0.802. The third kappa shape index (κ3) is 6.81. The maximum Gasteiger partial charge on any atom is 0.0474 e. The van der Waals surface area contributed by atoms with Gasteiger partial charge < -0.3 is 0 Å². The highest BCUT2D eigenvalue weighted by Crippen LogP contribution is 2.23. The summed E-state index contributed by atoms with van der Waals surface area (Å²) in [6.07, 6.45) is 2.70. The van der Waals surface area contributed by atoms with Crippen molar-refractivity contribution < 1.29 is 0 Å². The summed E-state index contributed by atoms with van der Waals surface area (Å²) in [4.78, 5) is 0. The van der Waals surface area contributed by atoms with Gasteiger partial charge in [-0.2, -0.15) is 0 Å². The summed E-state index contributed by atoms with van der Waals surface area (Å²) in [6, 6.07) is 0. The van der Waals surface area contributed by atoms with E-state index in [1.54, 1.807) is 0 Å². The van der Waals surface area contributed by atoms with Crippen LogP contribution in [-0.2, 0) is 0 Å². The molecule has 1 atom stereocenters. The van der Waals surface area contributed by atoms with Crippen LogP contribution in [0.2, 0.25) is 0 Å². The maximum absolute atomic E-state index is 2.30. The van der Waals surface area contributed by atoms with E-state index >= 15 is 0 Å². The molecule has 0 aromatic heterocycles. The zero-order valence-electron chi connectivity index (χ0n) is 7.22. The molecule has 0 aliphatic carbocycles. The molecular weight excluding hydrogens is 160 g/mol. The quantitative estimate of drug-likeness (QED) is 0.450. The van der Waals surface area contributed by atoms with Crippen molar-refractivity contribution in [3.8, 4) is 0 Å². The molecule has 0 aromatic carbocycles. The van der Waals surface area contributed by atoms with Crippen molar-refractivity contribution in [2.45, 2.75) is 38.2 Å². The van der Waals surface area contributed by atoms with Crippen molar-refractivity contribution in [1.29, 1.82) is 0 Å². The summed E-state index contributed by atoms with van der Waals surface area (Å²) in [5, 5.41) is 0. The Hall–Kier alpha value is 0.700. The largest absolute Gasteiger partial charge is 0.148 e. The number of hydrogen-bond donors (Lipinski definition) is 0. The first-order valence-corrected chi connectivity index (χ1v) is 6.14. The minimum atomic E-state index is 0.802. The highest BCUT2D eigenvalue weighted by molar-refractivity contribution is 8.16. The molecule has 0 rings (SSSR count). The standard InChI is InChI=1S/C8H18S2/c1-4-6-7-10-8(3)9-5-2/h8H,4-7H2,1-3H3. The van der Waals surface area contributed by atoms with Crippen LogP contribution in [0.25, 0.3) is 0 Å². The van der Waals surface area contributed by atoms with Crippen LogP contribution in [0.15, 0.2) is 0 Å². The first-order valence-electron chi connectivity index (χ1n) is 4.04. The molecule has 0 fully saturated rings. The van der Waals surface area contributed by atoms with Crippen molar-refractivity contribution in [3.05, 3.63) is 0 Å². The number of hydrogen-bond acceptors (Lipinski definition) is 2. The first kappa shape index (κ1) is 10.7. The van der Waals surface area contributed by atoms with Crippen LogP contribution in [0, 0.1) is 0 Å². The van der Waals surface area contributed by atoms with Crippen molar-refractivity contribution in [2.24, 2.45) is 0 Å². The summed E-state index contributed by atoms with van der Waals surface area (Å²) >= 11 is 4.13. The summed E-state index contributed by atoms with van der Waals surface area (Å²) in [7, 11) is 0. The predicted molar refractivity (Wildman–Crippen MR) is 55.0 cm³/mol. The van der Waals surface area contributed by atoms with E-state index in [4.69, 9.17) is 0 Å². The van der Waals surface area contributed by atoms with Crippen molar-refractivity contribution in [2.75, 3.05) is 11.5 Å². The van der Waals surface area contributed by atoms with E-state index in [0.717, 1.165) is 4.58 Å². The van der Waals surface area contributed by atoms with Gasteiger partial charge in [-0.25, -0.2) is 0 Å². The Morgan fingerprint density at radius 1 is 1.20 bits per heavy atom. The fourth-order valence-corrected chi connectivity index (χ4v) is 3.01. The molecule has 0 aromatic rings. The molecule has 0 bridgehead atoms. The van der Waals surface area contributed by atoms with E-state index in [2.05, 4.69) is 32.5 Å². The molecule has 0 aliphatic rings. The summed E-state index contributed by atoms with van der Waals surface area (Å²) in [6.45, 7) is 6.77. The van der Waals surface area contributed by atoms with Gasteiger partial charge in [-0.15, -0.1) is 23.5 Å². The topological polar surface area (TPSA) is 0 Å². The van der Waals surface area contributed by atoms with Crippen molar-refractivity contribution in [1.82, 2.24) is 0 Å². The molecular formula is C8H18S2. The van der Waals surface area contributed by atoms with E-state index in [1.807, 2.05) is 11.8 Å². The molecule has 0 spiro atoms. The van der Waals surface area contributed by atoms with Crippen LogP contribution in [-0.4, -0.2) is 16.1 Å². The fraction of sp³-hybridized carbons (Fsp3) is 1.00. The first-order chi connectivity index (χ1) is 4.81. The molecule has 0 heterocycles. The van der Waals surface area contributed by atoms with Gasteiger partial charge in [-0.1, -0.05) is 20.3 Å². The molecule has 1 unspecified atom stereocenters. The number of thioether (sulfide) groups is 2. The number of unbranched alkanes of at least 4 members (excludes halogenated alkanes) is 1. The van der Waals surface area contributed by atoms with Crippen LogP contribution in [0.3, 0.4) is 0 Å². The number of rotatable bonds is 6. The smallest absolute Gasteiger partial charge is 0.0474 e. The Labute approximate surface area is 73.5 Å². The van der Waals surface area contributed by atoms with Gasteiger partial charge >= 0.3 is 0 Å². The lowest BCUT2D eigenvalue weighted by Gasteiger charge is -2.07. The maximum atomic E-state index is 2.30. The second-order valence-corrected chi connectivity index (χ2v) is 5.61. The second-order valence-electron chi connectivity index (χ2n) is 2.25. The Morgan fingerprint density at radius 3 is 2.40 bits per heavy atom. The van der Waals surface area contributed by atoms with E-state index in [9.17, 15) is 0 Å². The van der Waals surface area contributed by atoms with Gasteiger partial charge in [0.15, 0.2) is 0 Å². The predicted octanol–water partition coefficient (Wildman–Crippen LogP) is 3.62. The molecule has 0 radical (unpaired) electrons. The second kappa shape index (κ2) is 7.80. The van der Waals surface area contributed by atoms with Crippen LogP contribution >= 0.6 is 23.5 Å². The lowest BCUT2D eigenvalue weighted by atomic mass is 10.4. The lowest BCUT2D eigenvalue weighted by Crippen LogP contribution is -1.91. The molecule has 0 nitrogen and oxygen atoms in total. The van der Waals surface area contributed by atoms with Crippen LogP contribution < -0.4 is 0 Å². The lowest BCUT2D eigenvalue weighted by molar-refractivity contribution is 0.896. The Morgan fingerprint density at radius 2 is 1.90 bits per heavy atom. The monoisotopic (exact) mass is 178 g/mol. The van der Waals surface area contributed by atoms with Crippen molar-refractivity contribution >= 4 is 23.5 Å². The zero-order valence-corrected chi connectivity index (χ0v) is 8.86. The normalized spacial score (nSPS) is 13.5. The third-order valence-corrected chi connectivity index (χ3v) is 3.86. The summed E-state index contributed by atoms with van der Waals surface area (Å²) < 4.78 is 0.802. The van der Waals surface area contributed by atoms with E-state index < -0.39 is 0 Å². The highest BCUT2D eigenvalue weighted by Gasteiger charge is 1.98. The molecule has 0 saturated carbocycles. The zero-order chi connectivity index (χ0) is 7.82. The summed E-state index contributed by atoms with van der Waals surface area (Å²) in [5.74, 6) is 2.59. The van der Waals surface area contributed by atoms with E-state index in [1.165, 1.54) is 24.3 Å². The molecule has 10 heavy (non-hydrogen) atoms. The minimum Gasteiger partial charge on any atom is -0.148 e. The highest BCUT2D eigenvalue weighted by atomic mass is 32.2. The van der Waals surface area contributed by atoms with Gasteiger partial charge in [0.1, 0.15) is 0 Å². The average molecular weight is 178 g/mol. The molecule has 0 aliphatic heterocycles. The van der Waals surface area contributed by atoms with Crippen LogP contribution in [0.4, 0.5) is 0 Å². The molecule has 62 valence electrons. The molecule has 0 N–H and O–H groups in total. The van der Waals surface area contributed by atoms with Gasteiger partial charge in [-0.3, -0.25) is 0 Å².